The lowest BCUT2D eigenvalue weighted by atomic mass is 9.91. The molecule has 1 fully saturated rings. The summed E-state index contributed by atoms with van der Waals surface area (Å²) in [4.78, 5) is 0. The molecule has 0 radical (unpaired) electrons. The predicted molar refractivity (Wildman–Crippen MR) is 63.1 cm³/mol. The number of hydrogen-bond donors (Lipinski definition) is 1. The van der Waals surface area contributed by atoms with E-state index in [0.717, 1.165) is 18.8 Å². The zero-order chi connectivity index (χ0) is 10.5. The summed E-state index contributed by atoms with van der Waals surface area (Å²) in [6.07, 6.45) is 7.41. The van der Waals surface area contributed by atoms with Crippen LogP contribution in [-0.4, -0.2) is 11.7 Å². The Bertz CT molecular complexity index is 300. The van der Waals surface area contributed by atoms with Crippen LogP contribution in [0.2, 0.25) is 0 Å². The number of rotatable bonds is 4. The quantitative estimate of drug-likeness (QED) is 0.798. The SMILES string of the molecule is OCCCc1ccccc1C1CCCC1. The van der Waals surface area contributed by atoms with Crippen molar-refractivity contribution in [3.63, 3.8) is 0 Å². The smallest absolute Gasteiger partial charge is 0.0434 e. The van der Waals surface area contributed by atoms with Crippen LogP contribution in [0.4, 0.5) is 0 Å². The number of aliphatic hydroxyl groups is 1. The maximum absolute atomic E-state index is 8.88. The first-order valence-corrected chi connectivity index (χ1v) is 6.10. The maximum Gasteiger partial charge on any atom is 0.0434 e. The molecule has 1 saturated carbocycles. The van der Waals surface area contributed by atoms with Gasteiger partial charge in [0, 0.05) is 6.61 Å². The van der Waals surface area contributed by atoms with Gasteiger partial charge in [0.1, 0.15) is 0 Å². The van der Waals surface area contributed by atoms with Gasteiger partial charge in [0.05, 0.1) is 0 Å². The van der Waals surface area contributed by atoms with Gasteiger partial charge in [0.2, 0.25) is 0 Å². The molecular weight excluding hydrogens is 184 g/mol. The summed E-state index contributed by atoms with van der Waals surface area (Å²) in [7, 11) is 0. The highest BCUT2D eigenvalue weighted by atomic mass is 16.2. The molecule has 15 heavy (non-hydrogen) atoms. The van der Waals surface area contributed by atoms with E-state index in [-0.39, 0.29) is 0 Å². The van der Waals surface area contributed by atoms with Crippen molar-refractivity contribution in [1.82, 2.24) is 0 Å². The summed E-state index contributed by atoms with van der Waals surface area (Å²) in [6.45, 7) is 0.305. The Balaban J connectivity index is 2.13. The second kappa shape index (κ2) is 5.32. The molecule has 0 unspecified atom stereocenters. The van der Waals surface area contributed by atoms with E-state index in [9.17, 15) is 0 Å². The number of aliphatic hydroxyl groups excluding tert-OH is 1. The molecule has 0 heterocycles. The van der Waals surface area contributed by atoms with Crippen LogP contribution in [0.15, 0.2) is 24.3 Å². The van der Waals surface area contributed by atoms with Crippen LogP contribution in [0, 0.1) is 0 Å². The van der Waals surface area contributed by atoms with Crippen LogP contribution < -0.4 is 0 Å². The van der Waals surface area contributed by atoms with Gasteiger partial charge in [-0.05, 0) is 42.7 Å². The van der Waals surface area contributed by atoms with Crippen LogP contribution in [0.5, 0.6) is 0 Å². The molecule has 1 N–H and O–H groups in total. The summed E-state index contributed by atoms with van der Waals surface area (Å²) in [6, 6.07) is 8.77. The Morgan fingerprint density at radius 2 is 1.87 bits per heavy atom. The van der Waals surface area contributed by atoms with Gasteiger partial charge in [-0.2, -0.15) is 0 Å². The molecule has 1 aliphatic rings. The molecule has 82 valence electrons. The Morgan fingerprint density at radius 1 is 1.13 bits per heavy atom. The van der Waals surface area contributed by atoms with Gasteiger partial charge in [0.15, 0.2) is 0 Å². The fourth-order valence-corrected chi connectivity index (χ4v) is 2.67. The highest BCUT2D eigenvalue weighted by Gasteiger charge is 2.18. The van der Waals surface area contributed by atoms with Crippen LogP contribution >= 0.6 is 0 Å². The van der Waals surface area contributed by atoms with E-state index in [1.165, 1.54) is 31.2 Å². The fraction of sp³-hybridized carbons (Fsp3) is 0.571. The number of aryl methyl sites for hydroxylation is 1. The average Bonchev–Trinajstić information content (AvgIpc) is 2.80. The first-order valence-electron chi connectivity index (χ1n) is 6.10. The van der Waals surface area contributed by atoms with E-state index in [2.05, 4.69) is 24.3 Å². The minimum absolute atomic E-state index is 0.305. The minimum Gasteiger partial charge on any atom is -0.396 e. The average molecular weight is 204 g/mol. The van der Waals surface area contributed by atoms with E-state index in [1.807, 2.05) is 0 Å². The van der Waals surface area contributed by atoms with Gasteiger partial charge in [-0.15, -0.1) is 0 Å². The lowest BCUT2D eigenvalue weighted by Gasteiger charge is -2.14. The molecule has 0 amide bonds. The fourth-order valence-electron chi connectivity index (χ4n) is 2.67. The van der Waals surface area contributed by atoms with Gasteiger partial charge in [-0.3, -0.25) is 0 Å². The highest BCUT2D eigenvalue weighted by molar-refractivity contribution is 5.31. The molecule has 1 aromatic rings. The molecule has 1 aliphatic carbocycles. The van der Waals surface area contributed by atoms with Crippen LogP contribution in [0.25, 0.3) is 0 Å². The van der Waals surface area contributed by atoms with Crippen molar-refractivity contribution < 1.29 is 5.11 Å². The molecular formula is C14H20O. The minimum atomic E-state index is 0.305. The first kappa shape index (κ1) is 10.7. The zero-order valence-corrected chi connectivity index (χ0v) is 9.28. The molecule has 0 atom stereocenters. The molecule has 1 heteroatoms. The van der Waals surface area contributed by atoms with Crippen molar-refractivity contribution in [2.75, 3.05) is 6.61 Å². The lowest BCUT2D eigenvalue weighted by Crippen LogP contribution is -2.00. The Labute approximate surface area is 92.1 Å². The van der Waals surface area contributed by atoms with Crippen molar-refractivity contribution in [3.05, 3.63) is 35.4 Å². The van der Waals surface area contributed by atoms with E-state index in [0.29, 0.717) is 6.61 Å². The summed E-state index contributed by atoms with van der Waals surface area (Å²) in [5, 5.41) is 8.88. The molecule has 0 aromatic heterocycles. The van der Waals surface area contributed by atoms with E-state index >= 15 is 0 Å². The number of hydrogen-bond acceptors (Lipinski definition) is 1. The van der Waals surface area contributed by atoms with Gasteiger partial charge in [-0.25, -0.2) is 0 Å². The van der Waals surface area contributed by atoms with Crippen LogP contribution in [0.3, 0.4) is 0 Å². The zero-order valence-electron chi connectivity index (χ0n) is 9.28. The number of benzene rings is 1. The van der Waals surface area contributed by atoms with Gasteiger partial charge in [-0.1, -0.05) is 37.1 Å². The third-order valence-corrected chi connectivity index (χ3v) is 3.45. The van der Waals surface area contributed by atoms with Crippen molar-refractivity contribution in [2.45, 2.75) is 44.4 Å². The van der Waals surface area contributed by atoms with Crippen molar-refractivity contribution in [1.29, 1.82) is 0 Å². The standard InChI is InChI=1S/C14H20O/c15-11-5-9-13-8-3-4-10-14(13)12-6-1-2-7-12/h3-4,8,10,12,15H,1-2,5-7,9,11H2. The van der Waals surface area contributed by atoms with Crippen LogP contribution in [-0.2, 0) is 6.42 Å². The van der Waals surface area contributed by atoms with Gasteiger partial charge in [0.25, 0.3) is 0 Å². The normalized spacial score (nSPS) is 17.1. The maximum atomic E-state index is 8.88. The molecule has 1 aromatic carbocycles. The summed E-state index contributed by atoms with van der Waals surface area (Å²) >= 11 is 0. The molecule has 0 spiro atoms. The predicted octanol–water partition coefficient (Wildman–Crippen LogP) is 3.27. The molecule has 1 nitrogen and oxygen atoms in total. The second-order valence-electron chi connectivity index (χ2n) is 4.51. The first-order chi connectivity index (χ1) is 7.42. The summed E-state index contributed by atoms with van der Waals surface area (Å²) in [5.41, 5.74) is 3.00. The lowest BCUT2D eigenvalue weighted by molar-refractivity contribution is 0.288. The Hall–Kier alpha value is -0.820. The van der Waals surface area contributed by atoms with E-state index < -0.39 is 0 Å². The topological polar surface area (TPSA) is 20.2 Å². The molecule has 0 bridgehead atoms. The molecule has 0 saturated heterocycles. The van der Waals surface area contributed by atoms with Crippen LogP contribution in [0.1, 0.15) is 49.1 Å². The third-order valence-electron chi connectivity index (χ3n) is 3.45. The van der Waals surface area contributed by atoms with Crippen molar-refractivity contribution >= 4 is 0 Å². The van der Waals surface area contributed by atoms with E-state index in [4.69, 9.17) is 5.11 Å². The molecule has 0 aliphatic heterocycles. The largest absolute Gasteiger partial charge is 0.396 e. The third kappa shape index (κ3) is 2.60. The second-order valence-corrected chi connectivity index (χ2v) is 4.51. The highest BCUT2D eigenvalue weighted by Crippen LogP contribution is 2.35. The van der Waals surface area contributed by atoms with Gasteiger partial charge < -0.3 is 5.11 Å². The van der Waals surface area contributed by atoms with Gasteiger partial charge >= 0.3 is 0 Å². The van der Waals surface area contributed by atoms with Crippen molar-refractivity contribution in [3.8, 4) is 0 Å². The Morgan fingerprint density at radius 3 is 2.60 bits per heavy atom. The monoisotopic (exact) mass is 204 g/mol. The van der Waals surface area contributed by atoms with E-state index in [1.54, 1.807) is 5.56 Å². The summed E-state index contributed by atoms with van der Waals surface area (Å²) < 4.78 is 0. The molecule has 2 rings (SSSR count). The Kier molecular flexibility index (Phi) is 3.79. The van der Waals surface area contributed by atoms with Crippen molar-refractivity contribution in [2.24, 2.45) is 0 Å². The summed E-state index contributed by atoms with van der Waals surface area (Å²) in [5.74, 6) is 0.792.